The van der Waals surface area contributed by atoms with Gasteiger partial charge < -0.3 is 15.6 Å². The molecule has 1 aliphatic rings. The molecule has 1 aromatic carbocycles. The van der Waals surface area contributed by atoms with E-state index in [0.717, 1.165) is 12.0 Å². The first kappa shape index (κ1) is 12.6. The second-order valence-electron chi connectivity index (χ2n) is 4.87. The lowest BCUT2D eigenvalue weighted by Crippen LogP contribution is -2.50. The Balaban J connectivity index is 2.43. The molecule has 1 saturated heterocycles. The first-order valence-corrected chi connectivity index (χ1v) is 6.24. The summed E-state index contributed by atoms with van der Waals surface area (Å²) in [6, 6.07) is 9.81. The molecule has 1 aromatic rings. The van der Waals surface area contributed by atoms with E-state index in [4.69, 9.17) is 10.5 Å². The smallest absolute Gasteiger partial charge is 0.0984 e. The van der Waals surface area contributed by atoms with Crippen molar-refractivity contribution < 1.29 is 9.84 Å². The van der Waals surface area contributed by atoms with Crippen molar-refractivity contribution in [2.75, 3.05) is 19.8 Å². The molecular weight excluding hydrogens is 214 g/mol. The predicted octanol–water partition coefficient (Wildman–Crippen LogP) is 1.65. The van der Waals surface area contributed by atoms with Crippen LogP contribution in [0.2, 0.25) is 0 Å². The zero-order chi connectivity index (χ0) is 12.4. The lowest BCUT2D eigenvalue weighted by atomic mass is 9.66. The highest BCUT2D eigenvalue weighted by Gasteiger charge is 2.51. The topological polar surface area (TPSA) is 55.5 Å². The third-order valence-electron chi connectivity index (χ3n) is 4.13. The molecule has 1 heterocycles. The minimum absolute atomic E-state index is 0.344. The van der Waals surface area contributed by atoms with Crippen LogP contribution in [0, 0.1) is 5.41 Å². The monoisotopic (exact) mass is 235 g/mol. The summed E-state index contributed by atoms with van der Waals surface area (Å²) in [5, 5.41) is 11.1. The fraction of sp³-hybridized carbons (Fsp3) is 0.571. The average Bonchev–Trinajstić information content (AvgIpc) is 2.89. The first-order chi connectivity index (χ1) is 8.18. The van der Waals surface area contributed by atoms with E-state index in [1.807, 2.05) is 37.3 Å². The van der Waals surface area contributed by atoms with Crippen LogP contribution < -0.4 is 5.73 Å². The van der Waals surface area contributed by atoms with Gasteiger partial charge in [-0.25, -0.2) is 0 Å². The van der Waals surface area contributed by atoms with Crippen LogP contribution in [0.25, 0.3) is 0 Å². The van der Waals surface area contributed by atoms with Crippen LogP contribution in [0.15, 0.2) is 30.3 Å². The highest BCUT2D eigenvalue weighted by atomic mass is 16.5. The predicted molar refractivity (Wildman–Crippen MR) is 67.6 cm³/mol. The zero-order valence-corrected chi connectivity index (χ0v) is 10.4. The molecule has 0 aromatic heterocycles. The Morgan fingerprint density at radius 2 is 2.12 bits per heavy atom. The van der Waals surface area contributed by atoms with Gasteiger partial charge in [-0.05, 0) is 18.4 Å². The quantitative estimate of drug-likeness (QED) is 0.834. The molecule has 3 nitrogen and oxygen atoms in total. The molecule has 2 unspecified atom stereocenters. The van der Waals surface area contributed by atoms with Crippen molar-refractivity contribution in [3.8, 4) is 0 Å². The molecule has 3 N–H and O–H groups in total. The molecule has 94 valence electrons. The van der Waals surface area contributed by atoms with Crippen molar-refractivity contribution in [1.29, 1.82) is 0 Å². The van der Waals surface area contributed by atoms with Gasteiger partial charge in [0.15, 0.2) is 0 Å². The molecule has 0 bridgehead atoms. The van der Waals surface area contributed by atoms with Gasteiger partial charge in [0, 0.05) is 18.6 Å². The van der Waals surface area contributed by atoms with Gasteiger partial charge in [0.05, 0.1) is 12.2 Å². The fourth-order valence-corrected chi connectivity index (χ4v) is 2.86. The molecule has 3 heteroatoms. The number of nitrogens with two attached hydrogens (primary N) is 1. The zero-order valence-electron chi connectivity index (χ0n) is 10.4. The maximum absolute atomic E-state index is 11.1. The number of hydrogen-bond donors (Lipinski definition) is 2. The van der Waals surface area contributed by atoms with Gasteiger partial charge in [-0.1, -0.05) is 37.3 Å². The minimum Gasteiger partial charge on any atom is -0.384 e. The Morgan fingerprint density at radius 3 is 2.59 bits per heavy atom. The molecule has 0 spiro atoms. The summed E-state index contributed by atoms with van der Waals surface area (Å²) < 4.78 is 5.48. The summed E-state index contributed by atoms with van der Waals surface area (Å²) in [4.78, 5) is 0. The van der Waals surface area contributed by atoms with Crippen LogP contribution in [0.1, 0.15) is 25.3 Å². The third-order valence-corrected chi connectivity index (χ3v) is 4.13. The van der Waals surface area contributed by atoms with Gasteiger partial charge in [0.2, 0.25) is 0 Å². The Kier molecular flexibility index (Phi) is 3.52. The van der Waals surface area contributed by atoms with Crippen LogP contribution in [-0.4, -0.2) is 24.9 Å². The number of benzene rings is 1. The Morgan fingerprint density at radius 1 is 1.41 bits per heavy atom. The highest BCUT2D eigenvalue weighted by molar-refractivity contribution is 5.26. The highest BCUT2D eigenvalue weighted by Crippen LogP contribution is 2.47. The number of hydrogen-bond acceptors (Lipinski definition) is 3. The largest absolute Gasteiger partial charge is 0.384 e. The summed E-state index contributed by atoms with van der Waals surface area (Å²) >= 11 is 0. The fourth-order valence-electron chi connectivity index (χ4n) is 2.86. The normalized spacial score (nSPS) is 27.9. The van der Waals surface area contributed by atoms with Gasteiger partial charge >= 0.3 is 0 Å². The van der Waals surface area contributed by atoms with E-state index in [9.17, 15) is 5.11 Å². The Labute approximate surface area is 103 Å². The van der Waals surface area contributed by atoms with Gasteiger partial charge in [0.25, 0.3) is 0 Å². The van der Waals surface area contributed by atoms with Crippen molar-refractivity contribution in [2.24, 2.45) is 11.1 Å². The molecule has 0 saturated carbocycles. The van der Waals surface area contributed by atoms with Crippen molar-refractivity contribution in [1.82, 2.24) is 0 Å². The first-order valence-electron chi connectivity index (χ1n) is 6.24. The second kappa shape index (κ2) is 4.77. The molecule has 0 amide bonds. The van der Waals surface area contributed by atoms with E-state index < -0.39 is 5.60 Å². The maximum Gasteiger partial charge on any atom is 0.0984 e. The van der Waals surface area contributed by atoms with Crippen molar-refractivity contribution in [3.63, 3.8) is 0 Å². The summed E-state index contributed by atoms with van der Waals surface area (Å²) in [5.74, 6) is 0. The second-order valence-corrected chi connectivity index (χ2v) is 4.87. The molecule has 0 aliphatic carbocycles. The van der Waals surface area contributed by atoms with E-state index in [1.165, 1.54) is 0 Å². The SMILES string of the molecule is CCC(O)(c1ccccc1)C1(CN)CCOC1. The minimum atomic E-state index is -0.889. The average molecular weight is 235 g/mol. The number of aliphatic hydroxyl groups is 1. The van der Waals surface area contributed by atoms with Crippen molar-refractivity contribution >= 4 is 0 Å². The van der Waals surface area contributed by atoms with Gasteiger partial charge in [0.1, 0.15) is 0 Å². The van der Waals surface area contributed by atoms with Crippen LogP contribution in [-0.2, 0) is 10.3 Å². The van der Waals surface area contributed by atoms with E-state index in [1.54, 1.807) is 0 Å². The van der Waals surface area contributed by atoms with E-state index >= 15 is 0 Å². The van der Waals surface area contributed by atoms with Crippen LogP contribution >= 0.6 is 0 Å². The standard InChI is InChI=1S/C14H21NO2/c1-2-14(16,12-6-4-3-5-7-12)13(10-15)8-9-17-11-13/h3-7,16H,2,8-11,15H2,1H3. The summed E-state index contributed by atoms with van der Waals surface area (Å²) in [5.41, 5.74) is 5.64. The van der Waals surface area contributed by atoms with E-state index in [2.05, 4.69) is 0 Å². The van der Waals surface area contributed by atoms with Crippen molar-refractivity contribution in [3.05, 3.63) is 35.9 Å². The molecule has 0 radical (unpaired) electrons. The maximum atomic E-state index is 11.1. The number of ether oxygens (including phenoxy) is 1. The third kappa shape index (κ3) is 1.88. The molecule has 2 atom stereocenters. The Hall–Kier alpha value is -0.900. The van der Waals surface area contributed by atoms with E-state index in [-0.39, 0.29) is 5.41 Å². The van der Waals surface area contributed by atoms with E-state index in [0.29, 0.717) is 26.2 Å². The van der Waals surface area contributed by atoms with Crippen LogP contribution in [0.3, 0.4) is 0 Å². The van der Waals surface area contributed by atoms with Gasteiger partial charge in [-0.3, -0.25) is 0 Å². The molecule has 2 rings (SSSR count). The van der Waals surface area contributed by atoms with Gasteiger partial charge in [-0.15, -0.1) is 0 Å². The lowest BCUT2D eigenvalue weighted by Gasteiger charge is -2.43. The molecule has 1 aliphatic heterocycles. The van der Waals surface area contributed by atoms with Crippen molar-refractivity contribution in [2.45, 2.75) is 25.4 Å². The summed E-state index contributed by atoms with van der Waals surface area (Å²) in [6.07, 6.45) is 1.47. The summed E-state index contributed by atoms with van der Waals surface area (Å²) in [7, 11) is 0. The lowest BCUT2D eigenvalue weighted by molar-refractivity contribution is -0.0927. The number of rotatable bonds is 4. The van der Waals surface area contributed by atoms with Crippen LogP contribution in [0.4, 0.5) is 0 Å². The van der Waals surface area contributed by atoms with Gasteiger partial charge in [-0.2, -0.15) is 0 Å². The molecule has 1 fully saturated rings. The Bertz CT molecular complexity index is 360. The summed E-state index contributed by atoms with van der Waals surface area (Å²) in [6.45, 7) is 3.68. The van der Waals surface area contributed by atoms with Crippen LogP contribution in [0.5, 0.6) is 0 Å². The molecular formula is C14H21NO2. The molecule has 17 heavy (non-hydrogen) atoms.